The minimum absolute atomic E-state index is 0.484. The molecule has 1 aliphatic heterocycles. The van der Waals surface area contributed by atoms with Crippen LogP contribution < -0.4 is 10.6 Å². The van der Waals surface area contributed by atoms with E-state index in [2.05, 4.69) is 33.0 Å². The number of nitrogens with two attached hydrogens (primary N) is 1. The number of hydrogen-bond donors (Lipinski definition) is 1. The van der Waals surface area contributed by atoms with Crippen LogP contribution in [0, 0.1) is 0 Å². The van der Waals surface area contributed by atoms with Crippen molar-refractivity contribution in [3.63, 3.8) is 0 Å². The Labute approximate surface area is 107 Å². The normalized spacial score (nSPS) is 19.6. The third kappa shape index (κ3) is 2.94. The molecule has 0 aromatic carbocycles. The smallest absolute Gasteiger partial charge is 0.205 e. The number of anilines is 1. The van der Waals surface area contributed by atoms with E-state index in [-0.39, 0.29) is 0 Å². The lowest BCUT2D eigenvalue weighted by Gasteiger charge is -2.37. The Bertz CT molecular complexity index is 345. The van der Waals surface area contributed by atoms with Gasteiger partial charge in [-0.3, -0.25) is 4.90 Å². The molecule has 1 aromatic rings. The lowest BCUT2D eigenvalue weighted by Crippen LogP contribution is -2.51. The molecule has 2 N–H and O–H groups in total. The molecule has 1 aliphatic rings. The predicted octanol–water partition coefficient (Wildman–Crippen LogP) is 0.570. The quantitative estimate of drug-likeness (QED) is 0.852. The zero-order valence-electron chi connectivity index (χ0n) is 10.6. The van der Waals surface area contributed by atoms with E-state index in [0.717, 1.165) is 50.1 Å². The molecule has 5 nitrogen and oxygen atoms in total. The highest BCUT2D eigenvalue weighted by Gasteiger charge is 2.22. The van der Waals surface area contributed by atoms with Gasteiger partial charge in [-0.1, -0.05) is 6.92 Å². The molecular weight excluding hydrogens is 234 g/mol. The highest BCUT2D eigenvalue weighted by atomic mass is 32.1. The summed E-state index contributed by atoms with van der Waals surface area (Å²) in [7, 11) is 0. The Morgan fingerprint density at radius 2 is 2.06 bits per heavy atom. The molecule has 0 amide bonds. The van der Waals surface area contributed by atoms with Crippen LogP contribution in [0.4, 0.5) is 5.13 Å². The Morgan fingerprint density at radius 3 is 2.59 bits per heavy atom. The van der Waals surface area contributed by atoms with Gasteiger partial charge in [0.15, 0.2) is 0 Å². The van der Waals surface area contributed by atoms with Crippen LogP contribution in [0.25, 0.3) is 0 Å². The molecule has 17 heavy (non-hydrogen) atoms. The fraction of sp³-hybridized carbons (Fsp3) is 0.818. The molecule has 1 aromatic heterocycles. The van der Waals surface area contributed by atoms with Crippen molar-refractivity contribution in [3.05, 3.63) is 5.82 Å². The zero-order valence-corrected chi connectivity index (χ0v) is 11.4. The van der Waals surface area contributed by atoms with Crippen molar-refractivity contribution in [2.75, 3.05) is 37.6 Å². The number of piperazine rings is 1. The molecular formula is C11H21N5S. The van der Waals surface area contributed by atoms with Gasteiger partial charge in [0.25, 0.3) is 0 Å². The molecule has 1 unspecified atom stereocenters. The van der Waals surface area contributed by atoms with Crippen molar-refractivity contribution in [2.45, 2.75) is 26.3 Å². The largest absolute Gasteiger partial charge is 0.344 e. The van der Waals surface area contributed by atoms with Gasteiger partial charge in [-0.25, -0.2) is 4.98 Å². The first-order valence-corrected chi connectivity index (χ1v) is 7.03. The van der Waals surface area contributed by atoms with E-state index >= 15 is 0 Å². The SMILES string of the molecule is CCc1nsc(N2CCN(C(C)CN)CC2)n1. The maximum Gasteiger partial charge on any atom is 0.205 e. The van der Waals surface area contributed by atoms with Crippen LogP contribution in [0.5, 0.6) is 0 Å². The fourth-order valence-electron chi connectivity index (χ4n) is 2.02. The molecule has 1 fully saturated rings. The van der Waals surface area contributed by atoms with E-state index in [9.17, 15) is 0 Å². The van der Waals surface area contributed by atoms with Crippen molar-refractivity contribution >= 4 is 16.7 Å². The van der Waals surface area contributed by atoms with E-state index in [1.54, 1.807) is 0 Å². The molecule has 6 heteroatoms. The Balaban J connectivity index is 1.90. The summed E-state index contributed by atoms with van der Waals surface area (Å²) < 4.78 is 4.34. The standard InChI is InChI=1S/C11H21N5S/c1-3-10-13-11(17-14-10)16-6-4-15(5-7-16)9(2)8-12/h9H,3-8,12H2,1-2H3. The van der Waals surface area contributed by atoms with Crippen molar-refractivity contribution in [2.24, 2.45) is 5.73 Å². The Kier molecular flexibility index (Phi) is 4.31. The van der Waals surface area contributed by atoms with Gasteiger partial charge in [-0.05, 0) is 6.92 Å². The molecule has 1 atom stereocenters. The average molecular weight is 255 g/mol. The fourth-order valence-corrected chi connectivity index (χ4v) is 2.82. The first-order valence-electron chi connectivity index (χ1n) is 6.26. The van der Waals surface area contributed by atoms with Crippen molar-refractivity contribution in [1.82, 2.24) is 14.3 Å². The van der Waals surface area contributed by atoms with Crippen LogP contribution in [-0.4, -0.2) is 53.0 Å². The lowest BCUT2D eigenvalue weighted by atomic mass is 10.2. The van der Waals surface area contributed by atoms with Gasteiger partial charge in [0, 0.05) is 56.7 Å². The highest BCUT2D eigenvalue weighted by Crippen LogP contribution is 2.19. The molecule has 2 rings (SSSR count). The number of rotatable bonds is 4. The van der Waals surface area contributed by atoms with Gasteiger partial charge in [0.2, 0.25) is 5.13 Å². The summed E-state index contributed by atoms with van der Waals surface area (Å²) >= 11 is 1.52. The van der Waals surface area contributed by atoms with Gasteiger partial charge < -0.3 is 10.6 Å². The van der Waals surface area contributed by atoms with E-state index in [0.29, 0.717) is 6.04 Å². The molecule has 96 valence electrons. The Hall–Kier alpha value is -0.720. The number of aryl methyl sites for hydroxylation is 1. The third-order valence-electron chi connectivity index (χ3n) is 3.32. The maximum atomic E-state index is 5.69. The first kappa shape index (κ1) is 12.7. The number of nitrogens with zero attached hydrogens (tertiary/aromatic N) is 4. The summed E-state index contributed by atoms with van der Waals surface area (Å²) in [6.07, 6.45) is 0.917. The molecule has 0 aliphatic carbocycles. The second-order valence-electron chi connectivity index (χ2n) is 4.45. The van der Waals surface area contributed by atoms with Gasteiger partial charge in [0.05, 0.1) is 0 Å². The average Bonchev–Trinajstić information content (AvgIpc) is 2.87. The maximum absolute atomic E-state index is 5.69. The van der Waals surface area contributed by atoms with Gasteiger partial charge in [-0.2, -0.15) is 4.37 Å². The van der Waals surface area contributed by atoms with Crippen molar-refractivity contribution < 1.29 is 0 Å². The first-order chi connectivity index (χ1) is 8.24. The third-order valence-corrected chi connectivity index (χ3v) is 4.14. The van der Waals surface area contributed by atoms with Crippen LogP contribution in [0.3, 0.4) is 0 Å². The minimum atomic E-state index is 0.484. The van der Waals surface area contributed by atoms with Crippen LogP contribution in [0.1, 0.15) is 19.7 Å². The van der Waals surface area contributed by atoms with Crippen LogP contribution >= 0.6 is 11.5 Å². The monoisotopic (exact) mass is 255 g/mol. The number of hydrogen-bond acceptors (Lipinski definition) is 6. The minimum Gasteiger partial charge on any atom is -0.344 e. The summed E-state index contributed by atoms with van der Waals surface area (Å²) in [5.41, 5.74) is 5.69. The molecule has 0 radical (unpaired) electrons. The summed E-state index contributed by atoms with van der Waals surface area (Å²) in [6.45, 7) is 9.21. The van der Waals surface area contributed by atoms with E-state index in [1.807, 2.05) is 0 Å². The van der Waals surface area contributed by atoms with E-state index in [1.165, 1.54) is 11.5 Å². The topological polar surface area (TPSA) is 58.3 Å². The summed E-state index contributed by atoms with van der Waals surface area (Å²) in [5, 5.41) is 1.07. The van der Waals surface area contributed by atoms with E-state index in [4.69, 9.17) is 5.73 Å². The Morgan fingerprint density at radius 1 is 1.35 bits per heavy atom. The lowest BCUT2D eigenvalue weighted by molar-refractivity contribution is 0.201. The summed E-state index contributed by atoms with van der Waals surface area (Å²) in [4.78, 5) is 9.31. The van der Waals surface area contributed by atoms with Gasteiger partial charge in [0.1, 0.15) is 5.82 Å². The molecule has 2 heterocycles. The number of aromatic nitrogens is 2. The van der Waals surface area contributed by atoms with E-state index < -0.39 is 0 Å². The second-order valence-corrected chi connectivity index (χ2v) is 5.18. The second kappa shape index (κ2) is 5.75. The highest BCUT2D eigenvalue weighted by molar-refractivity contribution is 7.09. The predicted molar refractivity (Wildman–Crippen MR) is 71.6 cm³/mol. The van der Waals surface area contributed by atoms with Gasteiger partial charge >= 0.3 is 0 Å². The molecule has 1 saturated heterocycles. The van der Waals surface area contributed by atoms with Crippen LogP contribution in [0.2, 0.25) is 0 Å². The molecule has 0 saturated carbocycles. The zero-order chi connectivity index (χ0) is 12.3. The summed E-state index contributed by atoms with van der Waals surface area (Å²) in [6, 6.07) is 0.484. The van der Waals surface area contributed by atoms with Crippen LogP contribution in [-0.2, 0) is 6.42 Å². The van der Waals surface area contributed by atoms with Gasteiger partial charge in [-0.15, -0.1) is 0 Å². The molecule has 0 bridgehead atoms. The van der Waals surface area contributed by atoms with Crippen molar-refractivity contribution in [1.29, 1.82) is 0 Å². The van der Waals surface area contributed by atoms with Crippen molar-refractivity contribution in [3.8, 4) is 0 Å². The summed E-state index contributed by atoms with van der Waals surface area (Å²) in [5.74, 6) is 0.961. The molecule has 0 spiro atoms. The van der Waals surface area contributed by atoms with Crippen LogP contribution in [0.15, 0.2) is 0 Å².